The average molecular weight is 447 g/mol. The quantitative estimate of drug-likeness (QED) is 0.578. The Labute approximate surface area is 194 Å². The van der Waals surface area contributed by atoms with E-state index in [-0.39, 0.29) is 17.9 Å². The van der Waals surface area contributed by atoms with Gasteiger partial charge in [0.25, 0.3) is 5.91 Å². The second kappa shape index (κ2) is 9.94. The lowest BCUT2D eigenvalue weighted by molar-refractivity contribution is -0.133. The summed E-state index contributed by atoms with van der Waals surface area (Å²) in [6.45, 7) is 6.67. The highest BCUT2D eigenvalue weighted by atomic mass is 16.5. The fourth-order valence-corrected chi connectivity index (χ4v) is 4.24. The summed E-state index contributed by atoms with van der Waals surface area (Å²) in [5, 5.41) is 2.83. The lowest BCUT2D eigenvalue weighted by atomic mass is 9.87. The molecule has 1 aliphatic rings. The highest BCUT2D eigenvalue weighted by Crippen LogP contribution is 2.37. The van der Waals surface area contributed by atoms with Crippen LogP contribution in [0.25, 0.3) is 0 Å². The van der Waals surface area contributed by atoms with E-state index in [4.69, 9.17) is 9.15 Å². The molecule has 1 aromatic heterocycles. The number of ether oxygens (including phenoxy) is 1. The van der Waals surface area contributed by atoms with Gasteiger partial charge in [0.05, 0.1) is 18.8 Å². The van der Waals surface area contributed by atoms with Crippen LogP contribution in [-0.2, 0) is 22.6 Å². The van der Waals surface area contributed by atoms with E-state index >= 15 is 0 Å². The minimum Gasteiger partial charge on any atom is -0.481 e. The Bertz CT molecular complexity index is 1110. The smallest absolute Gasteiger partial charge is 0.261 e. The molecule has 0 bridgehead atoms. The number of amides is 2. The van der Waals surface area contributed by atoms with Gasteiger partial charge in [0.1, 0.15) is 11.5 Å². The van der Waals surface area contributed by atoms with Gasteiger partial charge in [-0.1, -0.05) is 42.8 Å². The second-order valence-electron chi connectivity index (χ2n) is 8.42. The number of carbonyl (C=O) groups excluding carboxylic acids is 2. The number of hydrogen-bond acceptors (Lipinski definition) is 4. The summed E-state index contributed by atoms with van der Waals surface area (Å²) < 4.78 is 11.2. The topological polar surface area (TPSA) is 71.8 Å². The van der Waals surface area contributed by atoms with Crippen molar-refractivity contribution in [2.45, 2.75) is 52.3 Å². The van der Waals surface area contributed by atoms with E-state index in [9.17, 15) is 9.59 Å². The van der Waals surface area contributed by atoms with Crippen molar-refractivity contribution in [3.05, 3.63) is 88.9 Å². The number of nitrogens with zero attached hydrogens (tertiary/aromatic N) is 1. The fraction of sp³-hybridized carbons (Fsp3) is 0.333. The van der Waals surface area contributed by atoms with Crippen LogP contribution in [0.15, 0.2) is 65.3 Å². The van der Waals surface area contributed by atoms with Crippen LogP contribution < -0.4 is 10.1 Å². The summed E-state index contributed by atoms with van der Waals surface area (Å²) in [5.74, 6) is 1.20. The number of hydrogen-bond donors (Lipinski definition) is 1. The number of fused-ring (bicyclic) bond motifs is 1. The number of rotatable bonds is 7. The van der Waals surface area contributed by atoms with Crippen molar-refractivity contribution in [1.82, 2.24) is 10.2 Å². The van der Waals surface area contributed by atoms with Crippen LogP contribution in [0.4, 0.5) is 0 Å². The monoisotopic (exact) mass is 446 g/mol. The van der Waals surface area contributed by atoms with Crippen molar-refractivity contribution < 1.29 is 18.7 Å². The SMILES string of the molecule is CCC(=O)N1CCc2ccc(O[C@@H](C)C(=O)NCc3ccco3)cc2[C@H]1c1ccc(C)cc1. The Kier molecular flexibility index (Phi) is 6.82. The van der Waals surface area contributed by atoms with Crippen molar-refractivity contribution >= 4 is 11.8 Å². The Morgan fingerprint density at radius 1 is 1.18 bits per heavy atom. The largest absolute Gasteiger partial charge is 0.481 e. The van der Waals surface area contributed by atoms with Gasteiger partial charge in [0, 0.05) is 13.0 Å². The molecule has 1 aliphatic heterocycles. The molecule has 0 saturated carbocycles. The first kappa shape index (κ1) is 22.6. The van der Waals surface area contributed by atoms with Gasteiger partial charge in [-0.25, -0.2) is 0 Å². The fourth-order valence-electron chi connectivity index (χ4n) is 4.24. The van der Waals surface area contributed by atoms with Gasteiger partial charge in [0.15, 0.2) is 6.10 Å². The normalized spacial score (nSPS) is 16.1. The zero-order valence-corrected chi connectivity index (χ0v) is 19.3. The lowest BCUT2D eigenvalue weighted by Crippen LogP contribution is -2.40. The van der Waals surface area contributed by atoms with Gasteiger partial charge < -0.3 is 19.4 Å². The molecule has 4 rings (SSSR count). The Morgan fingerprint density at radius 3 is 2.67 bits per heavy atom. The summed E-state index contributed by atoms with van der Waals surface area (Å²) in [6.07, 6.45) is 2.16. The van der Waals surface area contributed by atoms with Crippen molar-refractivity contribution in [2.24, 2.45) is 0 Å². The third-order valence-electron chi connectivity index (χ3n) is 6.06. The summed E-state index contributed by atoms with van der Waals surface area (Å²) in [6, 6.07) is 17.7. The minimum atomic E-state index is -0.673. The summed E-state index contributed by atoms with van der Waals surface area (Å²) >= 11 is 0. The summed E-state index contributed by atoms with van der Waals surface area (Å²) in [4.78, 5) is 27.2. The maximum atomic E-state index is 12.8. The molecule has 2 amide bonds. The maximum Gasteiger partial charge on any atom is 0.261 e. The third-order valence-corrected chi connectivity index (χ3v) is 6.06. The summed E-state index contributed by atoms with van der Waals surface area (Å²) in [5.41, 5.74) is 4.50. The predicted octanol–water partition coefficient (Wildman–Crippen LogP) is 4.56. The molecule has 1 N–H and O–H groups in total. The van der Waals surface area contributed by atoms with E-state index < -0.39 is 6.10 Å². The van der Waals surface area contributed by atoms with E-state index in [0.29, 0.717) is 31.0 Å². The van der Waals surface area contributed by atoms with E-state index in [1.54, 1.807) is 19.3 Å². The molecule has 0 radical (unpaired) electrons. The van der Waals surface area contributed by atoms with E-state index in [0.717, 1.165) is 17.5 Å². The van der Waals surface area contributed by atoms with Crippen LogP contribution in [0.5, 0.6) is 5.75 Å². The predicted molar refractivity (Wildman–Crippen MR) is 126 cm³/mol. The van der Waals surface area contributed by atoms with Crippen LogP contribution in [0, 0.1) is 6.92 Å². The molecule has 0 spiro atoms. The maximum absolute atomic E-state index is 12.8. The number of furan rings is 1. The van der Waals surface area contributed by atoms with Gasteiger partial charge in [0.2, 0.25) is 5.91 Å². The van der Waals surface area contributed by atoms with E-state index in [2.05, 4.69) is 36.5 Å². The average Bonchev–Trinajstić information content (AvgIpc) is 3.35. The zero-order valence-electron chi connectivity index (χ0n) is 19.3. The van der Waals surface area contributed by atoms with Crippen molar-refractivity contribution in [3.8, 4) is 5.75 Å². The molecule has 0 unspecified atom stereocenters. The number of benzene rings is 2. The molecule has 33 heavy (non-hydrogen) atoms. The van der Waals surface area contributed by atoms with Crippen LogP contribution in [0.3, 0.4) is 0 Å². The molecule has 2 aromatic carbocycles. The van der Waals surface area contributed by atoms with Crippen molar-refractivity contribution in [1.29, 1.82) is 0 Å². The Hall–Kier alpha value is -3.54. The summed E-state index contributed by atoms with van der Waals surface area (Å²) in [7, 11) is 0. The van der Waals surface area contributed by atoms with E-state index in [1.165, 1.54) is 11.1 Å². The lowest BCUT2D eigenvalue weighted by Gasteiger charge is -2.38. The van der Waals surface area contributed by atoms with Gasteiger partial charge in [-0.2, -0.15) is 0 Å². The first-order valence-corrected chi connectivity index (χ1v) is 11.4. The molecule has 2 heterocycles. The highest BCUT2D eigenvalue weighted by molar-refractivity contribution is 5.80. The Morgan fingerprint density at radius 2 is 1.97 bits per heavy atom. The van der Waals surface area contributed by atoms with Crippen LogP contribution in [-0.4, -0.2) is 29.4 Å². The van der Waals surface area contributed by atoms with Crippen molar-refractivity contribution in [2.75, 3.05) is 6.54 Å². The molecule has 6 nitrogen and oxygen atoms in total. The van der Waals surface area contributed by atoms with Gasteiger partial charge in [-0.3, -0.25) is 9.59 Å². The first-order chi connectivity index (χ1) is 16.0. The first-order valence-electron chi connectivity index (χ1n) is 11.4. The number of nitrogens with one attached hydrogen (secondary N) is 1. The Balaban J connectivity index is 1.57. The van der Waals surface area contributed by atoms with Gasteiger partial charge >= 0.3 is 0 Å². The number of aryl methyl sites for hydroxylation is 1. The van der Waals surface area contributed by atoms with Crippen LogP contribution >= 0.6 is 0 Å². The molecular weight excluding hydrogens is 416 g/mol. The molecule has 0 aliphatic carbocycles. The van der Waals surface area contributed by atoms with Crippen LogP contribution in [0.2, 0.25) is 0 Å². The molecular formula is C27H30N2O4. The molecule has 6 heteroatoms. The van der Waals surface area contributed by atoms with Gasteiger partial charge in [-0.05, 0) is 61.2 Å². The van der Waals surface area contributed by atoms with E-state index in [1.807, 2.05) is 36.1 Å². The molecule has 3 aromatic rings. The standard InChI is InChI=1S/C27H30N2O4/c1-4-25(30)29-14-13-20-11-12-22(16-24(20)26(29)21-9-7-18(2)8-10-21)33-19(3)27(31)28-17-23-6-5-15-32-23/h5-12,15-16,19,26H,4,13-14,17H2,1-3H3,(H,28,31)/t19-,26+/m0/s1. The molecule has 0 saturated heterocycles. The molecule has 0 fully saturated rings. The minimum absolute atomic E-state index is 0.128. The molecule has 2 atom stereocenters. The van der Waals surface area contributed by atoms with Gasteiger partial charge in [-0.15, -0.1) is 0 Å². The molecule has 172 valence electrons. The zero-order chi connectivity index (χ0) is 23.4. The second-order valence-corrected chi connectivity index (χ2v) is 8.42. The van der Waals surface area contributed by atoms with Crippen molar-refractivity contribution in [3.63, 3.8) is 0 Å². The third kappa shape index (κ3) is 5.11. The van der Waals surface area contributed by atoms with Crippen LogP contribution in [0.1, 0.15) is 54.3 Å². The number of carbonyl (C=O) groups is 2. The highest BCUT2D eigenvalue weighted by Gasteiger charge is 2.32.